The Hall–Kier alpha value is -0.810. The molecule has 0 bridgehead atoms. The first-order valence-electron chi connectivity index (χ1n) is 6.37. The summed E-state index contributed by atoms with van der Waals surface area (Å²) in [5.74, 6) is 0. The number of carbonyl (C=O) groups is 1. The summed E-state index contributed by atoms with van der Waals surface area (Å²) in [6, 6.07) is -0.346. The molecule has 1 saturated heterocycles. The van der Waals surface area contributed by atoms with E-state index < -0.39 is 17.3 Å². The number of ether oxygens (including phenoxy) is 1. The average molecular weight is 258 g/mol. The van der Waals surface area contributed by atoms with Gasteiger partial charge in [-0.15, -0.1) is 0 Å². The molecule has 1 rings (SSSR count). The van der Waals surface area contributed by atoms with Crippen molar-refractivity contribution < 1.29 is 14.6 Å². The minimum Gasteiger partial charge on any atom is -0.444 e. The van der Waals surface area contributed by atoms with Crippen LogP contribution in [0.5, 0.6) is 0 Å². The summed E-state index contributed by atoms with van der Waals surface area (Å²) < 4.78 is 5.25. The molecular weight excluding hydrogens is 232 g/mol. The monoisotopic (exact) mass is 258 g/mol. The quantitative estimate of drug-likeness (QED) is 0.697. The number of β-amino-alcohol motifs (C(OH)–C–C–N with tert-alkyl or cyclic N) is 1. The highest BCUT2D eigenvalue weighted by Gasteiger charge is 2.48. The third kappa shape index (κ3) is 3.85. The molecule has 0 radical (unpaired) electrons. The number of aliphatic hydroxyl groups is 1. The first-order chi connectivity index (χ1) is 7.94. The van der Waals surface area contributed by atoms with Crippen molar-refractivity contribution in [1.29, 1.82) is 0 Å². The minimum absolute atomic E-state index is 0.242. The first-order valence-corrected chi connectivity index (χ1v) is 6.37. The van der Waals surface area contributed by atoms with E-state index in [0.29, 0.717) is 13.1 Å². The van der Waals surface area contributed by atoms with Crippen LogP contribution in [0.1, 0.15) is 41.5 Å². The van der Waals surface area contributed by atoms with Crippen LogP contribution in [0, 0.1) is 5.41 Å². The maximum Gasteiger partial charge on any atom is 0.407 e. The first kappa shape index (κ1) is 15.2. The van der Waals surface area contributed by atoms with Crippen molar-refractivity contribution in [3.05, 3.63) is 0 Å². The molecule has 1 aliphatic heterocycles. The lowest BCUT2D eigenvalue weighted by Crippen LogP contribution is -2.73. The molecular formula is C13H26N2O3. The summed E-state index contributed by atoms with van der Waals surface area (Å²) in [6.45, 7) is 12.4. The van der Waals surface area contributed by atoms with E-state index in [1.54, 1.807) is 0 Å². The predicted octanol–water partition coefficient (Wildman–Crippen LogP) is 1.26. The van der Waals surface area contributed by atoms with Crippen LogP contribution in [-0.2, 0) is 4.74 Å². The van der Waals surface area contributed by atoms with Gasteiger partial charge in [-0.25, -0.2) is 4.79 Å². The highest BCUT2D eigenvalue weighted by Crippen LogP contribution is 2.31. The van der Waals surface area contributed by atoms with Gasteiger partial charge in [-0.2, -0.15) is 0 Å². The van der Waals surface area contributed by atoms with Gasteiger partial charge >= 0.3 is 6.09 Å². The molecule has 1 unspecified atom stereocenters. The maximum absolute atomic E-state index is 11.8. The van der Waals surface area contributed by atoms with Crippen molar-refractivity contribution >= 4 is 6.09 Å². The molecule has 1 aliphatic rings. The molecule has 0 spiro atoms. The van der Waals surface area contributed by atoms with Crippen LogP contribution in [0.4, 0.5) is 4.79 Å². The van der Waals surface area contributed by atoms with Gasteiger partial charge < -0.3 is 20.5 Å². The number of amides is 1. The van der Waals surface area contributed by atoms with E-state index in [-0.39, 0.29) is 11.5 Å². The minimum atomic E-state index is -0.894. The number of alkyl carbamates (subject to hydrolysis) is 1. The van der Waals surface area contributed by atoms with Crippen molar-refractivity contribution in [2.24, 2.45) is 5.41 Å². The number of hydrogen-bond acceptors (Lipinski definition) is 4. The van der Waals surface area contributed by atoms with E-state index in [4.69, 9.17) is 4.74 Å². The fourth-order valence-corrected chi connectivity index (χ4v) is 2.17. The Morgan fingerprint density at radius 3 is 2.06 bits per heavy atom. The highest BCUT2D eigenvalue weighted by atomic mass is 16.6. The normalized spacial score (nSPS) is 20.8. The standard InChI is InChI=1S/C13H26N2O3/c1-11(2,3)9(13(17)7-14-8-13)15-10(16)18-12(4,5)6/h9,14,17H,7-8H2,1-6H3,(H,15,16). The summed E-state index contributed by atoms with van der Waals surface area (Å²) in [7, 11) is 0. The summed E-state index contributed by atoms with van der Waals surface area (Å²) in [6.07, 6.45) is -0.484. The van der Waals surface area contributed by atoms with Crippen LogP contribution < -0.4 is 10.6 Å². The zero-order valence-electron chi connectivity index (χ0n) is 12.3. The lowest BCUT2D eigenvalue weighted by molar-refractivity contribution is -0.0746. The van der Waals surface area contributed by atoms with Gasteiger partial charge in [0.1, 0.15) is 11.2 Å². The van der Waals surface area contributed by atoms with E-state index in [2.05, 4.69) is 10.6 Å². The Balaban J connectivity index is 2.72. The Morgan fingerprint density at radius 2 is 1.78 bits per heavy atom. The molecule has 1 atom stereocenters. The summed E-state index contributed by atoms with van der Waals surface area (Å²) in [4.78, 5) is 11.8. The van der Waals surface area contributed by atoms with E-state index in [9.17, 15) is 9.90 Å². The van der Waals surface area contributed by atoms with Crippen molar-refractivity contribution in [3.8, 4) is 0 Å². The van der Waals surface area contributed by atoms with E-state index in [1.807, 2.05) is 41.5 Å². The molecule has 18 heavy (non-hydrogen) atoms. The largest absolute Gasteiger partial charge is 0.444 e. The molecule has 0 aromatic heterocycles. The molecule has 1 heterocycles. The van der Waals surface area contributed by atoms with Crippen LogP contribution in [0.25, 0.3) is 0 Å². The smallest absolute Gasteiger partial charge is 0.407 e. The topological polar surface area (TPSA) is 70.6 Å². The number of carbonyl (C=O) groups excluding carboxylic acids is 1. The maximum atomic E-state index is 11.8. The van der Waals surface area contributed by atoms with Crippen molar-refractivity contribution in [2.45, 2.75) is 58.8 Å². The molecule has 0 saturated carbocycles. The predicted molar refractivity (Wildman–Crippen MR) is 70.4 cm³/mol. The zero-order valence-corrected chi connectivity index (χ0v) is 12.3. The Morgan fingerprint density at radius 1 is 1.28 bits per heavy atom. The molecule has 106 valence electrons. The van der Waals surface area contributed by atoms with Gasteiger partial charge in [0.15, 0.2) is 0 Å². The van der Waals surface area contributed by atoms with Gasteiger partial charge in [-0.1, -0.05) is 20.8 Å². The lowest BCUT2D eigenvalue weighted by Gasteiger charge is -2.49. The van der Waals surface area contributed by atoms with Crippen LogP contribution >= 0.6 is 0 Å². The summed E-state index contributed by atoms with van der Waals surface area (Å²) in [5.41, 5.74) is -1.67. The third-order valence-corrected chi connectivity index (χ3v) is 2.93. The molecule has 1 fully saturated rings. The molecule has 1 amide bonds. The van der Waals surface area contributed by atoms with Crippen LogP contribution in [-0.4, -0.2) is 41.5 Å². The van der Waals surface area contributed by atoms with Gasteiger partial charge in [0, 0.05) is 13.1 Å². The van der Waals surface area contributed by atoms with Crippen LogP contribution in [0.2, 0.25) is 0 Å². The van der Waals surface area contributed by atoms with Gasteiger partial charge in [0.05, 0.1) is 6.04 Å². The van der Waals surface area contributed by atoms with Gasteiger partial charge in [0.2, 0.25) is 0 Å². The van der Waals surface area contributed by atoms with E-state index in [0.717, 1.165) is 0 Å². The number of rotatable bonds is 2. The third-order valence-electron chi connectivity index (χ3n) is 2.93. The average Bonchev–Trinajstić information content (AvgIpc) is 2.05. The van der Waals surface area contributed by atoms with Crippen molar-refractivity contribution in [3.63, 3.8) is 0 Å². The van der Waals surface area contributed by atoms with Gasteiger partial charge in [-0.3, -0.25) is 0 Å². The second-order valence-electron chi connectivity index (χ2n) is 7.15. The fraction of sp³-hybridized carbons (Fsp3) is 0.923. The van der Waals surface area contributed by atoms with E-state index in [1.165, 1.54) is 0 Å². The fourth-order valence-electron chi connectivity index (χ4n) is 2.17. The zero-order chi connectivity index (χ0) is 14.2. The highest BCUT2D eigenvalue weighted by molar-refractivity contribution is 5.68. The van der Waals surface area contributed by atoms with Crippen LogP contribution in [0.3, 0.4) is 0 Å². The van der Waals surface area contributed by atoms with Gasteiger partial charge in [-0.05, 0) is 26.2 Å². The SMILES string of the molecule is CC(C)(C)OC(=O)NC(C(C)(C)C)C1(O)CNC1. The molecule has 3 N–H and O–H groups in total. The molecule has 0 aromatic carbocycles. The van der Waals surface area contributed by atoms with Crippen molar-refractivity contribution in [2.75, 3.05) is 13.1 Å². The summed E-state index contributed by atoms with van der Waals surface area (Å²) >= 11 is 0. The Labute approximate surface area is 109 Å². The molecule has 5 nitrogen and oxygen atoms in total. The second kappa shape index (κ2) is 4.70. The second-order valence-corrected chi connectivity index (χ2v) is 7.15. The number of nitrogens with one attached hydrogen (secondary N) is 2. The molecule has 0 aliphatic carbocycles. The van der Waals surface area contributed by atoms with Gasteiger partial charge in [0.25, 0.3) is 0 Å². The van der Waals surface area contributed by atoms with Crippen molar-refractivity contribution in [1.82, 2.24) is 10.6 Å². The Bertz CT molecular complexity index is 311. The number of hydrogen-bond donors (Lipinski definition) is 3. The van der Waals surface area contributed by atoms with E-state index >= 15 is 0 Å². The Kier molecular flexibility index (Phi) is 3.98. The van der Waals surface area contributed by atoms with Crippen LogP contribution in [0.15, 0.2) is 0 Å². The molecule has 0 aromatic rings. The lowest BCUT2D eigenvalue weighted by atomic mass is 9.73. The molecule has 5 heteroatoms. The summed E-state index contributed by atoms with van der Waals surface area (Å²) in [5, 5.41) is 16.3.